The quantitative estimate of drug-likeness (QED) is 0.753. The van der Waals surface area contributed by atoms with Crippen LogP contribution in [-0.2, 0) is 11.2 Å². The first kappa shape index (κ1) is 17.6. The lowest BCUT2D eigenvalue weighted by atomic mass is 9.80. The largest absolute Gasteiger partial charge is 0.356 e. The number of hydrogen-bond donors (Lipinski definition) is 1. The third kappa shape index (κ3) is 3.97. The first-order chi connectivity index (χ1) is 13.2. The van der Waals surface area contributed by atoms with E-state index in [0.29, 0.717) is 29.7 Å². The predicted octanol–water partition coefficient (Wildman–Crippen LogP) is 2.90. The average Bonchev–Trinajstić information content (AvgIpc) is 3.17. The summed E-state index contributed by atoms with van der Waals surface area (Å²) in [6, 6.07) is 8.43. The lowest BCUT2D eigenvalue weighted by Crippen LogP contribution is -2.32. The van der Waals surface area contributed by atoms with Gasteiger partial charge >= 0.3 is 0 Å². The molecule has 1 aliphatic rings. The smallest absolute Gasteiger partial charge is 0.252 e. The lowest BCUT2D eigenvalue weighted by Gasteiger charge is -2.28. The van der Waals surface area contributed by atoms with Gasteiger partial charge in [0, 0.05) is 18.7 Å². The number of amides is 1. The minimum absolute atomic E-state index is 0.0866. The summed E-state index contributed by atoms with van der Waals surface area (Å²) in [7, 11) is 0. The van der Waals surface area contributed by atoms with E-state index in [1.165, 1.54) is 12.4 Å². The standard InChI is InChI=1S/C20H22FN5O/c21-17-4-2-1-3-16(17)11-19(27)23-12-14-5-7-15(8-6-14)18-9-10-22-20-24-13-25-26(18)20/h1-4,9-10,13-15H,5-8,11-12H2,(H,23,27). The second-order valence-electron chi connectivity index (χ2n) is 7.13. The molecule has 0 spiro atoms. The zero-order chi connectivity index (χ0) is 18.6. The molecular formula is C20H22FN5O. The third-order valence-corrected chi connectivity index (χ3v) is 5.37. The van der Waals surface area contributed by atoms with Crippen molar-refractivity contribution in [1.29, 1.82) is 0 Å². The van der Waals surface area contributed by atoms with Crippen LogP contribution in [-0.4, -0.2) is 32.0 Å². The Morgan fingerprint density at radius 3 is 2.78 bits per heavy atom. The minimum atomic E-state index is -0.329. The summed E-state index contributed by atoms with van der Waals surface area (Å²) in [6.07, 6.45) is 7.59. The van der Waals surface area contributed by atoms with Gasteiger partial charge < -0.3 is 5.32 Å². The van der Waals surface area contributed by atoms with Crippen molar-refractivity contribution in [2.24, 2.45) is 5.92 Å². The second-order valence-corrected chi connectivity index (χ2v) is 7.13. The number of carbonyl (C=O) groups is 1. The van der Waals surface area contributed by atoms with Crippen LogP contribution in [0.5, 0.6) is 0 Å². The summed E-state index contributed by atoms with van der Waals surface area (Å²) >= 11 is 0. The summed E-state index contributed by atoms with van der Waals surface area (Å²) in [5, 5.41) is 7.24. The van der Waals surface area contributed by atoms with E-state index < -0.39 is 0 Å². The highest BCUT2D eigenvalue weighted by Gasteiger charge is 2.25. The molecule has 0 unspecified atom stereocenters. The number of benzene rings is 1. The topological polar surface area (TPSA) is 72.2 Å². The Kier molecular flexibility index (Phi) is 5.09. The van der Waals surface area contributed by atoms with Crippen molar-refractivity contribution >= 4 is 11.7 Å². The fourth-order valence-electron chi connectivity index (χ4n) is 3.86. The molecule has 0 aliphatic heterocycles. The Bertz CT molecular complexity index is 933. The van der Waals surface area contributed by atoms with E-state index in [2.05, 4.69) is 20.4 Å². The molecular weight excluding hydrogens is 345 g/mol. The maximum absolute atomic E-state index is 13.6. The molecule has 3 aromatic rings. The van der Waals surface area contributed by atoms with Crippen molar-refractivity contribution < 1.29 is 9.18 Å². The van der Waals surface area contributed by atoms with Gasteiger partial charge in [0.25, 0.3) is 5.78 Å². The number of nitrogens with zero attached hydrogens (tertiary/aromatic N) is 4. The first-order valence-electron chi connectivity index (χ1n) is 9.35. The fourth-order valence-corrected chi connectivity index (χ4v) is 3.86. The van der Waals surface area contributed by atoms with Gasteiger partial charge in [0.2, 0.25) is 5.91 Å². The van der Waals surface area contributed by atoms with Crippen molar-refractivity contribution in [1.82, 2.24) is 24.9 Å². The third-order valence-electron chi connectivity index (χ3n) is 5.37. The van der Waals surface area contributed by atoms with Gasteiger partial charge in [0.15, 0.2) is 0 Å². The van der Waals surface area contributed by atoms with Crippen LogP contribution >= 0.6 is 0 Å². The van der Waals surface area contributed by atoms with Crippen molar-refractivity contribution in [3.05, 3.63) is 59.9 Å². The van der Waals surface area contributed by atoms with E-state index in [-0.39, 0.29) is 18.1 Å². The molecule has 1 N–H and O–H groups in total. The number of halogens is 1. The summed E-state index contributed by atoms with van der Waals surface area (Å²) < 4.78 is 15.5. The first-order valence-corrected chi connectivity index (χ1v) is 9.35. The number of nitrogens with one attached hydrogen (secondary N) is 1. The van der Waals surface area contributed by atoms with E-state index in [1.807, 2.05) is 10.6 Å². The molecule has 1 amide bonds. The van der Waals surface area contributed by atoms with Gasteiger partial charge in [-0.3, -0.25) is 4.79 Å². The van der Waals surface area contributed by atoms with Gasteiger partial charge in [-0.25, -0.2) is 13.9 Å². The van der Waals surface area contributed by atoms with Crippen LogP contribution < -0.4 is 5.32 Å². The van der Waals surface area contributed by atoms with Crippen molar-refractivity contribution in [2.75, 3.05) is 6.54 Å². The molecule has 6 nitrogen and oxygen atoms in total. The molecule has 140 valence electrons. The molecule has 7 heteroatoms. The molecule has 2 aromatic heterocycles. The Labute approximate surface area is 156 Å². The molecule has 1 aliphatic carbocycles. The van der Waals surface area contributed by atoms with Gasteiger partial charge in [0.1, 0.15) is 12.1 Å². The highest BCUT2D eigenvalue weighted by atomic mass is 19.1. The monoisotopic (exact) mass is 367 g/mol. The van der Waals surface area contributed by atoms with Crippen molar-refractivity contribution in [2.45, 2.75) is 38.0 Å². The highest BCUT2D eigenvalue weighted by Crippen LogP contribution is 2.35. The second kappa shape index (κ2) is 7.82. The zero-order valence-electron chi connectivity index (χ0n) is 15.0. The Hall–Kier alpha value is -2.83. The van der Waals surface area contributed by atoms with Crippen LogP contribution in [0.4, 0.5) is 4.39 Å². The summed E-state index contributed by atoms with van der Waals surface area (Å²) in [5.74, 6) is 1.07. The molecule has 0 atom stereocenters. The molecule has 0 radical (unpaired) electrons. The van der Waals surface area contributed by atoms with Crippen molar-refractivity contribution in [3.8, 4) is 0 Å². The van der Waals surface area contributed by atoms with Crippen molar-refractivity contribution in [3.63, 3.8) is 0 Å². The van der Waals surface area contributed by atoms with Gasteiger partial charge in [0.05, 0.1) is 12.1 Å². The molecule has 1 saturated carbocycles. The molecule has 2 heterocycles. The van der Waals surface area contributed by atoms with Crippen LogP contribution in [0.2, 0.25) is 0 Å². The average molecular weight is 367 g/mol. The lowest BCUT2D eigenvalue weighted by molar-refractivity contribution is -0.120. The van der Waals surface area contributed by atoms with E-state index >= 15 is 0 Å². The highest BCUT2D eigenvalue weighted by molar-refractivity contribution is 5.78. The molecule has 0 saturated heterocycles. The summed E-state index contributed by atoms with van der Waals surface area (Å²) in [4.78, 5) is 20.5. The van der Waals surface area contributed by atoms with Gasteiger partial charge in [-0.05, 0) is 49.3 Å². The van der Waals surface area contributed by atoms with Crippen LogP contribution in [0.1, 0.15) is 42.9 Å². The van der Waals surface area contributed by atoms with E-state index in [9.17, 15) is 9.18 Å². The van der Waals surface area contributed by atoms with E-state index in [4.69, 9.17) is 0 Å². The fraction of sp³-hybridized carbons (Fsp3) is 0.400. The number of hydrogen-bond acceptors (Lipinski definition) is 4. The van der Waals surface area contributed by atoms with Crippen LogP contribution in [0.15, 0.2) is 42.9 Å². The predicted molar refractivity (Wildman–Crippen MR) is 98.6 cm³/mol. The normalized spacial score (nSPS) is 19.9. The Morgan fingerprint density at radius 2 is 1.96 bits per heavy atom. The molecule has 0 bridgehead atoms. The van der Waals surface area contributed by atoms with Gasteiger partial charge in [-0.15, -0.1) is 0 Å². The Balaban J connectivity index is 1.28. The Morgan fingerprint density at radius 1 is 1.15 bits per heavy atom. The van der Waals surface area contributed by atoms with Crippen LogP contribution in [0.3, 0.4) is 0 Å². The molecule has 1 aromatic carbocycles. The zero-order valence-corrected chi connectivity index (χ0v) is 15.0. The molecule has 1 fully saturated rings. The summed E-state index contributed by atoms with van der Waals surface area (Å²) in [6.45, 7) is 0.648. The maximum Gasteiger partial charge on any atom is 0.252 e. The minimum Gasteiger partial charge on any atom is -0.356 e. The number of fused-ring (bicyclic) bond motifs is 1. The SMILES string of the molecule is O=C(Cc1ccccc1F)NCC1CCC(c2ccnc3ncnn23)CC1. The molecule has 4 rings (SSSR count). The number of aromatic nitrogens is 4. The van der Waals surface area contributed by atoms with E-state index in [1.54, 1.807) is 24.4 Å². The van der Waals surface area contributed by atoms with Crippen LogP contribution in [0.25, 0.3) is 5.78 Å². The molecule has 27 heavy (non-hydrogen) atoms. The van der Waals surface area contributed by atoms with Gasteiger partial charge in [-0.1, -0.05) is 18.2 Å². The van der Waals surface area contributed by atoms with Crippen LogP contribution in [0, 0.1) is 11.7 Å². The summed E-state index contributed by atoms with van der Waals surface area (Å²) in [5.41, 5.74) is 1.59. The number of carbonyl (C=O) groups excluding carboxylic acids is 1. The maximum atomic E-state index is 13.6. The van der Waals surface area contributed by atoms with Gasteiger partial charge in [-0.2, -0.15) is 10.1 Å². The number of rotatable bonds is 5. The van der Waals surface area contributed by atoms with E-state index in [0.717, 1.165) is 31.4 Å².